The first-order valence-corrected chi connectivity index (χ1v) is 10.9. The number of amides is 1. The Kier molecular flexibility index (Phi) is 7.06. The van der Waals surface area contributed by atoms with Gasteiger partial charge in [-0.1, -0.05) is 18.2 Å². The smallest absolute Gasteiger partial charge is 0.480 e. The molecule has 12 heteroatoms. The molecule has 1 aliphatic carbocycles. The second-order valence-electron chi connectivity index (χ2n) is 8.07. The van der Waals surface area contributed by atoms with Crippen molar-refractivity contribution in [2.75, 3.05) is 6.54 Å². The van der Waals surface area contributed by atoms with E-state index in [-0.39, 0.29) is 37.8 Å². The quantitative estimate of drug-likeness (QED) is 0.558. The number of carbonyl (C=O) groups is 1. The maximum Gasteiger partial charge on any atom is 0.522 e. The van der Waals surface area contributed by atoms with E-state index in [1.165, 1.54) is 6.20 Å². The fourth-order valence-corrected chi connectivity index (χ4v) is 3.85. The fourth-order valence-electron chi connectivity index (χ4n) is 3.67. The van der Waals surface area contributed by atoms with Crippen molar-refractivity contribution in [2.24, 2.45) is 0 Å². The van der Waals surface area contributed by atoms with Crippen LogP contribution in [0.5, 0.6) is 11.8 Å². The highest BCUT2D eigenvalue weighted by Crippen LogP contribution is 2.36. The first-order chi connectivity index (χ1) is 16.1. The third kappa shape index (κ3) is 6.02. The molecule has 8 nitrogen and oxygen atoms in total. The number of aliphatic hydroxyl groups is 1. The molecule has 2 heterocycles. The van der Waals surface area contributed by atoms with Gasteiger partial charge >= 0.3 is 12.4 Å². The number of aromatic nitrogens is 1. The van der Waals surface area contributed by atoms with Gasteiger partial charge in [0, 0.05) is 36.4 Å². The predicted octanol–water partition coefficient (Wildman–Crippen LogP) is 4.18. The van der Waals surface area contributed by atoms with Crippen molar-refractivity contribution < 1.29 is 41.7 Å². The number of fused-ring (bicyclic) bond motifs is 1. The van der Waals surface area contributed by atoms with Gasteiger partial charge in [0.2, 0.25) is 0 Å². The van der Waals surface area contributed by atoms with Crippen LogP contribution < -0.4 is 14.8 Å². The molecule has 0 radical (unpaired) electrons. The average molecular weight is 503 g/mol. The molecule has 1 aliphatic heterocycles. The molecule has 1 saturated carbocycles. The lowest BCUT2D eigenvalue weighted by molar-refractivity contribution is -0.355. The topological polar surface area (TPSA) is 103 Å². The molecule has 2 aliphatic rings. The van der Waals surface area contributed by atoms with Crippen molar-refractivity contribution in [1.29, 1.82) is 0 Å². The molecule has 1 aromatic carbocycles. The van der Waals surface area contributed by atoms with Gasteiger partial charge in [0.05, 0.1) is 18.4 Å². The standard InChI is InChI=1S/C22H22ClF3N2O6/c1-11(19-10-28-21(33-19)31-13-7-14(8-13)34-22(24,25)26)4-5-27-20(30)18-9-16(29)15-6-12(23)2-3-17(15)32-18/h2-3,6,10,13-14,16,18,29H,1,4-5,7-9H2,(H,27,30)/t13?,14?,16-,18+/m1/s1. The monoisotopic (exact) mass is 502 g/mol. The third-order valence-corrected chi connectivity index (χ3v) is 5.74. The molecule has 2 atom stereocenters. The molecule has 1 fully saturated rings. The number of hydrogen-bond donors (Lipinski definition) is 2. The van der Waals surface area contributed by atoms with E-state index in [4.69, 9.17) is 25.5 Å². The Labute approximate surface area is 197 Å². The van der Waals surface area contributed by atoms with Gasteiger partial charge in [-0.15, -0.1) is 13.2 Å². The van der Waals surface area contributed by atoms with Crippen LogP contribution in [0.1, 0.15) is 43.1 Å². The first kappa shape index (κ1) is 24.4. The number of benzene rings is 1. The zero-order valence-electron chi connectivity index (χ0n) is 17.8. The van der Waals surface area contributed by atoms with Gasteiger partial charge in [0.15, 0.2) is 11.9 Å². The lowest BCUT2D eigenvalue weighted by Crippen LogP contribution is -2.42. The second-order valence-corrected chi connectivity index (χ2v) is 8.51. The van der Waals surface area contributed by atoms with E-state index in [1.54, 1.807) is 18.2 Å². The van der Waals surface area contributed by atoms with Gasteiger partial charge in [-0.05, 0) is 30.2 Å². The van der Waals surface area contributed by atoms with Crippen LogP contribution in [0.3, 0.4) is 0 Å². The summed E-state index contributed by atoms with van der Waals surface area (Å²) in [6.45, 7) is 4.13. The minimum absolute atomic E-state index is 0.0704. The molecule has 0 spiro atoms. The highest BCUT2D eigenvalue weighted by molar-refractivity contribution is 6.30. The molecule has 0 unspecified atom stereocenters. The van der Waals surface area contributed by atoms with Gasteiger partial charge in [-0.3, -0.25) is 9.53 Å². The Morgan fingerprint density at radius 2 is 2.06 bits per heavy atom. The Bertz CT molecular complexity index is 1050. The van der Waals surface area contributed by atoms with E-state index in [1.807, 2.05) is 0 Å². The molecular weight excluding hydrogens is 481 g/mol. The van der Waals surface area contributed by atoms with E-state index in [0.717, 1.165) is 0 Å². The number of hydrogen-bond acceptors (Lipinski definition) is 7. The van der Waals surface area contributed by atoms with Crippen LogP contribution in [0, 0.1) is 0 Å². The fraction of sp³-hybridized carbons (Fsp3) is 0.455. The summed E-state index contributed by atoms with van der Waals surface area (Å²) >= 11 is 5.94. The maximum absolute atomic E-state index is 12.5. The molecule has 4 rings (SSSR count). The normalized spacial score (nSPS) is 23.9. The molecule has 1 aromatic heterocycles. The van der Waals surface area contributed by atoms with Crippen molar-refractivity contribution in [2.45, 2.75) is 56.5 Å². The first-order valence-electron chi connectivity index (χ1n) is 10.5. The molecule has 0 saturated heterocycles. The zero-order chi connectivity index (χ0) is 24.5. The van der Waals surface area contributed by atoms with E-state index < -0.39 is 30.8 Å². The van der Waals surface area contributed by atoms with Crippen LogP contribution in [-0.4, -0.2) is 47.2 Å². The molecule has 34 heavy (non-hydrogen) atoms. The minimum atomic E-state index is -4.67. The number of ether oxygens (including phenoxy) is 3. The summed E-state index contributed by atoms with van der Waals surface area (Å²) < 4.78 is 57.0. The number of aliphatic hydroxyl groups excluding tert-OH is 1. The number of carbonyl (C=O) groups excluding carboxylic acids is 1. The van der Waals surface area contributed by atoms with Crippen molar-refractivity contribution in [3.05, 3.63) is 47.3 Å². The van der Waals surface area contributed by atoms with E-state index in [2.05, 4.69) is 21.6 Å². The summed E-state index contributed by atoms with van der Waals surface area (Å²) in [5, 5.41) is 13.5. The van der Waals surface area contributed by atoms with Gasteiger partial charge in [-0.25, -0.2) is 0 Å². The summed E-state index contributed by atoms with van der Waals surface area (Å²) in [5.74, 6) is 0.362. The van der Waals surface area contributed by atoms with Crippen LogP contribution in [0.15, 0.2) is 35.4 Å². The van der Waals surface area contributed by atoms with Crippen molar-refractivity contribution in [3.8, 4) is 11.8 Å². The number of oxazole rings is 1. The van der Waals surface area contributed by atoms with Gasteiger partial charge in [0.25, 0.3) is 5.91 Å². The van der Waals surface area contributed by atoms with Crippen LogP contribution in [0.2, 0.25) is 5.02 Å². The Morgan fingerprint density at radius 1 is 1.29 bits per heavy atom. The van der Waals surface area contributed by atoms with Crippen LogP contribution in [0.4, 0.5) is 13.2 Å². The van der Waals surface area contributed by atoms with Crippen LogP contribution in [-0.2, 0) is 9.53 Å². The predicted molar refractivity (Wildman–Crippen MR) is 113 cm³/mol. The summed E-state index contributed by atoms with van der Waals surface area (Å²) in [6, 6.07) is 4.83. The summed E-state index contributed by atoms with van der Waals surface area (Å²) in [7, 11) is 0. The van der Waals surface area contributed by atoms with Gasteiger partial charge in [0.1, 0.15) is 11.9 Å². The van der Waals surface area contributed by atoms with Gasteiger partial charge < -0.3 is 24.3 Å². The number of rotatable bonds is 8. The van der Waals surface area contributed by atoms with Crippen molar-refractivity contribution >= 4 is 23.1 Å². The molecule has 1 amide bonds. The second kappa shape index (κ2) is 9.85. The highest BCUT2D eigenvalue weighted by atomic mass is 35.5. The molecule has 2 N–H and O–H groups in total. The molecule has 0 bridgehead atoms. The molecular formula is C22H22ClF3N2O6. The summed E-state index contributed by atoms with van der Waals surface area (Å²) in [4.78, 5) is 16.4. The Balaban J connectivity index is 1.19. The SMILES string of the molecule is C=C(CCNC(=O)[C@@H]1C[C@@H](O)c2cc(Cl)ccc2O1)c1cnc(OC2CC(OC(F)(F)F)C2)o1. The average Bonchev–Trinajstić information content (AvgIpc) is 3.20. The van der Waals surface area contributed by atoms with Crippen molar-refractivity contribution in [3.63, 3.8) is 0 Å². The molecule has 2 aromatic rings. The van der Waals surface area contributed by atoms with E-state index in [0.29, 0.717) is 34.1 Å². The lowest BCUT2D eigenvalue weighted by atomic mass is 9.92. The maximum atomic E-state index is 12.5. The number of nitrogens with one attached hydrogen (secondary N) is 1. The number of alkyl halides is 3. The van der Waals surface area contributed by atoms with E-state index >= 15 is 0 Å². The summed E-state index contributed by atoms with van der Waals surface area (Å²) in [5.41, 5.74) is 1.08. The highest BCUT2D eigenvalue weighted by Gasteiger charge is 2.41. The number of nitrogens with zero attached hydrogens (tertiary/aromatic N) is 1. The zero-order valence-corrected chi connectivity index (χ0v) is 18.6. The van der Waals surface area contributed by atoms with Crippen LogP contribution >= 0.6 is 11.6 Å². The largest absolute Gasteiger partial charge is 0.522 e. The third-order valence-electron chi connectivity index (χ3n) is 5.51. The van der Waals surface area contributed by atoms with Crippen LogP contribution in [0.25, 0.3) is 5.57 Å². The van der Waals surface area contributed by atoms with Crippen molar-refractivity contribution in [1.82, 2.24) is 10.3 Å². The Hall–Kier alpha value is -2.76. The Morgan fingerprint density at radius 3 is 2.79 bits per heavy atom. The lowest BCUT2D eigenvalue weighted by Gasteiger charge is -2.33. The minimum Gasteiger partial charge on any atom is -0.480 e. The van der Waals surface area contributed by atoms with Gasteiger partial charge in [-0.2, -0.15) is 4.98 Å². The summed E-state index contributed by atoms with van der Waals surface area (Å²) in [6.07, 6.45) is -5.87. The van der Waals surface area contributed by atoms with E-state index in [9.17, 15) is 23.1 Å². The molecule has 184 valence electrons. The number of halogens is 4.